The first-order valence-electron chi connectivity index (χ1n) is 8.07. The first-order valence-corrected chi connectivity index (χ1v) is 8.07. The summed E-state index contributed by atoms with van der Waals surface area (Å²) in [6.07, 6.45) is 5.10. The third-order valence-corrected chi connectivity index (χ3v) is 4.26. The SMILES string of the molecule is Cc1cc(-c2ncnn2-c2ccncc2)ccc1N1CCOCC1. The van der Waals surface area contributed by atoms with Crippen LogP contribution in [0.3, 0.4) is 0 Å². The Labute approximate surface area is 140 Å². The molecule has 1 aromatic carbocycles. The Hall–Kier alpha value is -2.73. The number of anilines is 1. The van der Waals surface area contributed by atoms with Gasteiger partial charge in [-0.1, -0.05) is 0 Å². The van der Waals surface area contributed by atoms with E-state index in [0.29, 0.717) is 0 Å². The molecule has 2 aromatic heterocycles. The smallest absolute Gasteiger partial charge is 0.163 e. The molecule has 1 saturated heterocycles. The molecular weight excluding hydrogens is 302 g/mol. The first kappa shape index (κ1) is 14.8. The number of hydrogen-bond acceptors (Lipinski definition) is 5. The molecule has 0 spiro atoms. The van der Waals surface area contributed by atoms with Crippen LogP contribution < -0.4 is 4.90 Å². The van der Waals surface area contributed by atoms with Gasteiger partial charge in [0.15, 0.2) is 5.82 Å². The summed E-state index contributed by atoms with van der Waals surface area (Å²) >= 11 is 0. The van der Waals surface area contributed by atoms with E-state index in [4.69, 9.17) is 4.74 Å². The molecule has 0 N–H and O–H groups in total. The molecule has 0 radical (unpaired) electrons. The zero-order valence-corrected chi connectivity index (χ0v) is 13.6. The Bertz CT molecular complexity index is 824. The average Bonchev–Trinajstić information content (AvgIpc) is 3.13. The molecule has 3 aromatic rings. The van der Waals surface area contributed by atoms with Gasteiger partial charge in [0.05, 0.1) is 18.9 Å². The maximum atomic E-state index is 5.44. The molecule has 0 saturated carbocycles. The highest BCUT2D eigenvalue weighted by atomic mass is 16.5. The summed E-state index contributed by atoms with van der Waals surface area (Å²) in [5.41, 5.74) is 4.50. The Kier molecular flexibility index (Phi) is 3.96. The number of morpholine rings is 1. The zero-order valence-electron chi connectivity index (χ0n) is 13.6. The summed E-state index contributed by atoms with van der Waals surface area (Å²) in [4.78, 5) is 10.9. The quantitative estimate of drug-likeness (QED) is 0.742. The van der Waals surface area contributed by atoms with Crippen LogP contribution in [-0.2, 0) is 4.74 Å². The van der Waals surface area contributed by atoms with Crippen molar-refractivity contribution in [1.29, 1.82) is 0 Å². The molecule has 0 unspecified atom stereocenters. The number of aryl methyl sites for hydroxylation is 1. The summed E-state index contributed by atoms with van der Waals surface area (Å²) in [7, 11) is 0. The van der Waals surface area contributed by atoms with E-state index in [1.807, 2.05) is 16.8 Å². The van der Waals surface area contributed by atoms with Crippen molar-refractivity contribution in [3.8, 4) is 17.1 Å². The van der Waals surface area contributed by atoms with Crippen molar-refractivity contribution in [2.24, 2.45) is 0 Å². The Morgan fingerprint density at radius 1 is 1.04 bits per heavy atom. The minimum Gasteiger partial charge on any atom is -0.378 e. The Balaban J connectivity index is 1.69. The van der Waals surface area contributed by atoms with Crippen LogP contribution in [-0.4, -0.2) is 46.1 Å². The number of rotatable bonds is 3. The highest BCUT2D eigenvalue weighted by Gasteiger charge is 2.15. The van der Waals surface area contributed by atoms with Crippen molar-refractivity contribution in [3.63, 3.8) is 0 Å². The lowest BCUT2D eigenvalue weighted by Gasteiger charge is -2.30. The second-order valence-electron chi connectivity index (χ2n) is 5.80. The number of ether oxygens (including phenoxy) is 1. The van der Waals surface area contributed by atoms with E-state index in [0.717, 1.165) is 43.4 Å². The van der Waals surface area contributed by atoms with E-state index in [1.54, 1.807) is 18.7 Å². The lowest BCUT2D eigenvalue weighted by Crippen LogP contribution is -2.36. The molecule has 0 bridgehead atoms. The van der Waals surface area contributed by atoms with Crippen molar-refractivity contribution >= 4 is 5.69 Å². The molecule has 122 valence electrons. The predicted molar refractivity (Wildman–Crippen MR) is 92.4 cm³/mol. The maximum absolute atomic E-state index is 5.44. The number of aromatic nitrogens is 4. The number of hydrogen-bond donors (Lipinski definition) is 0. The zero-order chi connectivity index (χ0) is 16.4. The van der Waals surface area contributed by atoms with E-state index < -0.39 is 0 Å². The van der Waals surface area contributed by atoms with E-state index >= 15 is 0 Å². The molecule has 1 fully saturated rings. The van der Waals surface area contributed by atoms with Crippen LogP contribution in [0, 0.1) is 6.92 Å². The van der Waals surface area contributed by atoms with Gasteiger partial charge in [-0.15, -0.1) is 0 Å². The van der Waals surface area contributed by atoms with E-state index in [2.05, 4.69) is 45.1 Å². The van der Waals surface area contributed by atoms with Crippen LogP contribution >= 0.6 is 0 Å². The minimum absolute atomic E-state index is 0.789. The molecule has 4 rings (SSSR count). The second kappa shape index (κ2) is 6.41. The van der Waals surface area contributed by atoms with Crippen LogP contribution in [0.5, 0.6) is 0 Å². The normalized spacial score (nSPS) is 14.8. The van der Waals surface area contributed by atoms with Gasteiger partial charge in [-0.05, 0) is 42.8 Å². The second-order valence-corrected chi connectivity index (χ2v) is 5.80. The highest BCUT2D eigenvalue weighted by Crippen LogP contribution is 2.27. The van der Waals surface area contributed by atoms with Gasteiger partial charge in [-0.3, -0.25) is 4.98 Å². The standard InChI is InChI=1S/C18H19N5O/c1-14-12-15(2-3-17(14)22-8-10-24-11-9-22)18-20-13-21-23(18)16-4-6-19-7-5-16/h2-7,12-13H,8-11H2,1H3. The molecule has 3 heterocycles. The Morgan fingerprint density at radius 3 is 2.58 bits per heavy atom. The van der Waals surface area contributed by atoms with Gasteiger partial charge in [0.1, 0.15) is 6.33 Å². The summed E-state index contributed by atoms with van der Waals surface area (Å²) in [6.45, 7) is 5.59. The molecule has 6 heteroatoms. The van der Waals surface area contributed by atoms with E-state index in [-0.39, 0.29) is 0 Å². The fourth-order valence-electron chi connectivity index (χ4n) is 3.07. The summed E-state index contributed by atoms with van der Waals surface area (Å²) in [5.74, 6) is 0.831. The highest BCUT2D eigenvalue weighted by molar-refractivity contribution is 5.65. The van der Waals surface area contributed by atoms with Gasteiger partial charge in [-0.25, -0.2) is 9.67 Å². The van der Waals surface area contributed by atoms with Gasteiger partial charge in [0, 0.05) is 36.7 Å². The number of benzene rings is 1. The largest absolute Gasteiger partial charge is 0.378 e. The molecule has 6 nitrogen and oxygen atoms in total. The fourth-order valence-corrected chi connectivity index (χ4v) is 3.07. The summed E-state index contributed by atoms with van der Waals surface area (Å²) < 4.78 is 7.28. The lowest BCUT2D eigenvalue weighted by atomic mass is 10.1. The number of nitrogens with zero attached hydrogens (tertiary/aromatic N) is 5. The molecule has 1 aliphatic heterocycles. The Morgan fingerprint density at radius 2 is 1.83 bits per heavy atom. The molecule has 0 aliphatic carbocycles. The van der Waals surface area contributed by atoms with E-state index in [1.165, 1.54) is 11.3 Å². The van der Waals surface area contributed by atoms with Gasteiger partial charge in [-0.2, -0.15) is 5.10 Å². The summed E-state index contributed by atoms with van der Waals surface area (Å²) in [6, 6.07) is 10.3. The first-order chi connectivity index (χ1) is 11.8. The van der Waals surface area contributed by atoms with Gasteiger partial charge in [0.2, 0.25) is 0 Å². The number of pyridine rings is 1. The predicted octanol–water partition coefficient (Wildman–Crippen LogP) is 2.47. The topological polar surface area (TPSA) is 56.1 Å². The third kappa shape index (κ3) is 2.76. The molecule has 24 heavy (non-hydrogen) atoms. The fraction of sp³-hybridized carbons (Fsp3) is 0.278. The van der Waals surface area contributed by atoms with Gasteiger partial charge in [0.25, 0.3) is 0 Å². The van der Waals surface area contributed by atoms with Crippen LogP contribution in [0.2, 0.25) is 0 Å². The van der Waals surface area contributed by atoms with Crippen LogP contribution in [0.25, 0.3) is 17.1 Å². The molecule has 0 atom stereocenters. The molecular formula is C18H19N5O. The molecule has 1 aliphatic rings. The van der Waals surface area contributed by atoms with Gasteiger partial charge >= 0.3 is 0 Å². The van der Waals surface area contributed by atoms with Gasteiger partial charge < -0.3 is 9.64 Å². The molecule has 0 amide bonds. The van der Waals surface area contributed by atoms with Crippen molar-refractivity contribution in [2.75, 3.05) is 31.2 Å². The van der Waals surface area contributed by atoms with Crippen molar-refractivity contribution in [1.82, 2.24) is 19.7 Å². The van der Waals surface area contributed by atoms with Crippen LogP contribution in [0.4, 0.5) is 5.69 Å². The average molecular weight is 321 g/mol. The minimum atomic E-state index is 0.789. The van der Waals surface area contributed by atoms with Crippen LogP contribution in [0.1, 0.15) is 5.56 Å². The third-order valence-electron chi connectivity index (χ3n) is 4.26. The maximum Gasteiger partial charge on any atom is 0.163 e. The van der Waals surface area contributed by atoms with Crippen LogP contribution in [0.15, 0.2) is 49.1 Å². The van der Waals surface area contributed by atoms with Crippen molar-refractivity contribution in [3.05, 3.63) is 54.6 Å². The summed E-state index contributed by atoms with van der Waals surface area (Å²) in [5, 5.41) is 4.36. The van der Waals surface area contributed by atoms with Crippen molar-refractivity contribution in [2.45, 2.75) is 6.92 Å². The monoisotopic (exact) mass is 321 g/mol. The van der Waals surface area contributed by atoms with E-state index in [9.17, 15) is 0 Å². The lowest BCUT2D eigenvalue weighted by molar-refractivity contribution is 0.122. The van der Waals surface area contributed by atoms with Crippen molar-refractivity contribution < 1.29 is 4.74 Å².